The number of ether oxygens (including phenoxy) is 2. The summed E-state index contributed by atoms with van der Waals surface area (Å²) in [5, 5.41) is 0. The van der Waals surface area contributed by atoms with Crippen LogP contribution in [0.3, 0.4) is 0 Å². The summed E-state index contributed by atoms with van der Waals surface area (Å²) < 4.78 is 61.3. The van der Waals surface area contributed by atoms with Crippen LogP contribution in [0.25, 0.3) is 0 Å². The molecule has 152 valence electrons. The maximum atomic E-state index is 13.7. The first kappa shape index (κ1) is 21.6. The zero-order chi connectivity index (χ0) is 19.6. The van der Waals surface area contributed by atoms with Crippen molar-refractivity contribution in [2.24, 2.45) is 0 Å². The molecule has 0 N–H and O–H groups in total. The van der Waals surface area contributed by atoms with Crippen LogP contribution in [0.15, 0.2) is 24.0 Å². The quantitative estimate of drug-likeness (QED) is 0.302. The molecule has 1 aliphatic heterocycles. The van der Waals surface area contributed by atoms with E-state index in [-0.39, 0.29) is 6.10 Å². The summed E-state index contributed by atoms with van der Waals surface area (Å²) in [5.41, 5.74) is 1.83. The van der Waals surface area contributed by atoms with Crippen LogP contribution < -0.4 is 4.74 Å². The fourth-order valence-corrected chi connectivity index (χ4v) is 3.32. The molecular weight excluding hydrogens is 360 g/mol. The minimum absolute atomic E-state index is 0.204. The van der Waals surface area contributed by atoms with E-state index >= 15 is 0 Å². The van der Waals surface area contributed by atoms with Crippen molar-refractivity contribution in [1.82, 2.24) is 0 Å². The third-order valence-electron chi connectivity index (χ3n) is 4.82. The van der Waals surface area contributed by atoms with Gasteiger partial charge in [0.1, 0.15) is 0 Å². The van der Waals surface area contributed by atoms with E-state index in [4.69, 9.17) is 4.74 Å². The minimum atomic E-state index is -3.25. The van der Waals surface area contributed by atoms with E-state index in [2.05, 4.69) is 11.7 Å². The van der Waals surface area contributed by atoms with Gasteiger partial charge in [0.05, 0.1) is 12.4 Å². The molecule has 6 heteroatoms. The molecule has 0 amide bonds. The van der Waals surface area contributed by atoms with Crippen molar-refractivity contribution in [2.45, 2.75) is 83.8 Å². The number of benzene rings is 1. The number of allylic oxidation sites excluding steroid dienone is 1. The Hall–Kier alpha value is -1.72. The van der Waals surface area contributed by atoms with Crippen LogP contribution in [0.5, 0.6) is 5.75 Å². The predicted molar refractivity (Wildman–Crippen MR) is 96.9 cm³/mol. The Bertz CT molecular complexity index is 593. The monoisotopic (exact) mass is 388 g/mol. The minimum Gasteiger partial charge on any atom is -0.498 e. The standard InChI is InChI=1S/C21H28F4O2/c1-2-3-4-7-15-10-11-17(26-14-15)9-6-5-8-16-12-18(22)20(19(23)13-16)27-21(24)25/h12-14,17,21H,2-11H2,1H3. The number of alkyl halides is 2. The Morgan fingerprint density at radius 3 is 2.37 bits per heavy atom. The topological polar surface area (TPSA) is 18.5 Å². The van der Waals surface area contributed by atoms with E-state index < -0.39 is 24.0 Å². The maximum absolute atomic E-state index is 13.7. The summed E-state index contributed by atoms with van der Waals surface area (Å²) in [6.07, 6.45) is 12.0. The van der Waals surface area contributed by atoms with Crippen molar-refractivity contribution in [1.29, 1.82) is 0 Å². The lowest BCUT2D eigenvalue weighted by Crippen LogP contribution is -2.14. The van der Waals surface area contributed by atoms with Gasteiger partial charge < -0.3 is 9.47 Å². The summed E-state index contributed by atoms with van der Waals surface area (Å²) in [6, 6.07) is 2.12. The molecule has 0 spiro atoms. The Kier molecular flexibility index (Phi) is 8.95. The summed E-state index contributed by atoms with van der Waals surface area (Å²) in [4.78, 5) is 0. The second kappa shape index (κ2) is 11.2. The van der Waals surface area contributed by atoms with Crippen LogP contribution in [0, 0.1) is 11.6 Å². The van der Waals surface area contributed by atoms with Gasteiger partial charge in [0.2, 0.25) is 0 Å². The highest BCUT2D eigenvalue weighted by atomic mass is 19.3. The summed E-state index contributed by atoms with van der Waals surface area (Å²) in [7, 11) is 0. The Labute approximate surface area is 158 Å². The average molecular weight is 388 g/mol. The number of hydrogen-bond donors (Lipinski definition) is 0. The van der Waals surface area contributed by atoms with Gasteiger partial charge >= 0.3 is 6.61 Å². The largest absolute Gasteiger partial charge is 0.498 e. The third-order valence-corrected chi connectivity index (χ3v) is 4.82. The Morgan fingerprint density at radius 2 is 1.78 bits per heavy atom. The summed E-state index contributed by atoms with van der Waals surface area (Å²) in [6.45, 7) is -1.06. The molecule has 2 nitrogen and oxygen atoms in total. The fraction of sp³-hybridized carbons (Fsp3) is 0.619. The molecule has 1 atom stereocenters. The molecule has 0 saturated carbocycles. The van der Waals surface area contributed by atoms with E-state index in [9.17, 15) is 17.6 Å². The molecule has 2 rings (SSSR count). The maximum Gasteiger partial charge on any atom is 0.387 e. The van der Waals surface area contributed by atoms with Crippen molar-refractivity contribution in [3.63, 3.8) is 0 Å². The lowest BCUT2D eigenvalue weighted by atomic mass is 9.97. The van der Waals surface area contributed by atoms with Gasteiger partial charge in [0.15, 0.2) is 17.4 Å². The van der Waals surface area contributed by atoms with Crippen LogP contribution >= 0.6 is 0 Å². The molecule has 27 heavy (non-hydrogen) atoms. The van der Waals surface area contributed by atoms with E-state index in [1.807, 2.05) is 6.26 Å². The first-order chi connectivity index (χ1) is 13.0. The first-order valence-corrected chi connectivity index (χ1v) is 9.75. The van der Waals surface area contributed by atoms with Gasteiger partial charge in [0.25, 0.3) is 0 Å². The average Bonchev–Trinajstić information content (AvgIpc) is 2.63. The van der Waals surface area contributed by atoms with Crippen molar-refractivity contribution in [2.75, 3.05) is 0 Å². The number of hydrogen-bond acceptors (Lipinski definition) is 2. The van der Waals surface area contributed by atoms with Gasteiger partial charge in [-0.3, -0.25) is 0 Å². The third kappa shape index (κ3) is 7.43. The van der Waals surface area contributed by atoms with E-state index in [1.54, 1.807) is 0 Å². The first-order valence-electron chi connectivity index (χ1n) is 9.75. The predicted octanol–water partition coefficient (Wildman–Crippen LogP) is 6.92. The van der Waals surface area contributed by atoms with Crippen molar-refractivity contribution < 1.29 is 27.0 Å². The highest BCUT2D eigenvalue weighted by Crippen LogP contribution is 2.27. The summed E-state index contributed by atoms with van der Waals surface area (Å²) >= 11 is 0. The zero-order valence-corrected chi connectivity index (χ0v) is 15.8. The molecule has 1 heterocycles. The number of unbranched alkanes of at least 4 members (excludes halogenated alkanes) is 3. The second-order valence-corrected chi connectivity index (χ2v) is 7.04. The SMILES string of the molecule is CCCCCC1=COC(CCCCc2cc(F)c(OC(F)F)c(F)c2)CC1. The van der Waals surface area contributed by atoms with Crippen LogP contribution in [0.4, 0.5) is 17.6 Å². The molecule has 1 unspecified atom stereocenters. The van der Waals surface area contributed by atoms with Crippen molar-refractivity contribution in [3.05, 3.63) is 41.2 Å². The molecule has 1 aromatic carbocycles. The fourth-order valence-electron chi connectivity index (χ4n) is 3.32. The smallest absolute Gasteiger partial charge is 0.387 e. The van der Waals surface area contributed by atoms with Gasteiger partial charge in [-0.05, 0) is 74.6 Å². The van der Waals surface area contributed by atoms with Gasteiger partial charge in [-0.25, -0.2) is 8.78 Å². The number of halogens is 4. The Balaban J connectivity index is 1.70. The van der Waals surface area contributed by atoms with E-state index in [0.29, 0.717) is 12.0 Å². The molecule has 0 aliphatic carbocycles. The van der Waals surface area contributed by atoms with Gasteiger partial charge in [-0.1, -0.05) is 19.8 Å². The summed E-state index contributed by atoms with van der Waals surface area (Å²) in [5.74, 6) is -3.21. The molecule has 0 saturated heterocycles. The van der Waals surface area contributed by atoms with Gasteiger partial charge in [0, 0.05) is 0 Å². The van der Waals surface area contributed by atoms with Gasteiger partial charge in [-0.15, -0.1) is 0 Å². The van der Waals surface area contributed by atoms with Gasteiger partial charge in [-0.2, -0.15) is 8.78 Å². The normalized spacial score (nSPS) is 17.0. The van der Waals surface area contributed by atoms with Crippen LogP contribution in [-0.2, 0) is 11.2 Å². The number of aryl methyl sites for hydroxylation is 1. The molecule has 0 aromatic heterocycles. The van der Waals surface area contributed by atoms with Crippen molar-refractivity contribution >= 4 is 0 Å². The van der Waals surface area contributed by atoms with Crippen LogP contribution in [0.2, 0.25) is 0 Å². The van der Waals surface area contributed by atoms with E-state index in [0.717, 1.165) is 50.7 Å². The Morgan fingerprint density at radius 1 is 1.07 bits per heavy atom. The lowest BCUT2D eigenvalue weighted by molar-refractivity contribution is -0.0546. The number of rotatable bonds is 11. The highest BCUT2D eigenvalue weighted by molar-refractivity contribution is 5.31. The highest BCUT2D eigenvalue weighted by Gasteiger charge is 2.17. The lowest BCUT2D eigenvalue weighted by Gasteiger charge is -2.23. The van der Waals surface area contributed by atoms with Crippen LogP contribution in [-0.4, -0.2) is 12.7 Å². The van der Waals surface area contributed by atoms with Crippen molar-refractivity contribution in [3.8, 4) is 5.75 Å². The van der Waals surface area contributed by atoms with Crippen LogP contribution in [0.1, 0.15) is 70.3 Å². The molecule has 0 radical (unpaired) electrons. The molecule has 1 aromatic rings. The molecule has 0 fully saturated rings. The van der Waals surface area contributed by atoms with E-state index in [1.165, 1.54) is 24.8 Å². The molecule has 1 aliphatic rings. The molecular formula is C21H28F4O2. The molecule has 0 bridgehead atoms. The second-order valence-electron chi connectivity index (χ2n) is 7.04. The zero-order valence-electron chi connectivity index (χ0n) is 15.8.